The molecule has 5 heteroatoms. The van der Waals surface area contributed by atoms with Crippen LogP contribution in [0.3, 0.4) is 0 Å². The maximum absolute atomic E-state index is 12.3. The van der Waals surface area contributed by atoms with Crippen LogP contribution in [-0.2, 0) is 11.2 Å². The summed E-state index contributed by atoms with van der Waals surface area (Å²) in [5.41, 5.74) is 1.05. The molecule has 1 heterocycles. The predicted molar refractivity (Wildman–Crippen MR) is 91.8 cm³/mol. The zero-order valence-electron chi connectivity index (χ0n) is 13.5. The van der Waals surface area contributed by atoms with Gasteiger partial charge in [0.2, 0.25) is 5.91 Å². The van der Waals surface area contributed by atoms with E-state index in [4.69, 9.17) is 4.74 Å². The molecule has 1 N–H and O–H groups in total. The molecule has 124 valence electrons. The molecule has 0 atom stereocenters. The summed E-state index contributed by atoms with van der Waals surface area (Å²) in [7, 11) is 0. The molecule has 0 saturated carbocycles. The SMILES string of the molecule is CC(C)COc1ccc(CC(=O)N2CCCNCC2)cc1.Cl. The van der Waals surface area contributed by atoms with Gasteiger partial charge in [0, 0.05) is 19.6 Å². The van der Waals surface area contributed by atoms with Crippen molar-refractivity contribution < 1.29 is 9.53 Å². The average Bonchev–Trinajstić information content (AvgIpc) is 2.75. The van der Waals surface area contributed by atoms with Crippen molar-refractivity contribution >= 4 is 18.3 Å². The summed E-state index contributed by atoms with van der Waals surface area (Å²) in [5.74, 6) is 1.61. The van der Waals surface area contributed by atoms with Crippen LogP contribution in [0.4, 0.5) is 0 Å². The van der Waals surface area contributed by atoms with Crippen LogP contribution in [0.2, 0.25) is 0 Å². The first-order valence-electron chi connectivity index (χ1n) is 7.85. The number of ether oxygens (including phenoxy) is 1. The Bertz CT molecular complexity index is 440. The van der Waals surface area contributed by atoms with Gasteiger partial charge in [-0.1, -0.05) is 26.0 Å². The van der Waals surface area contributed by atoms with Crippen LogP contribution in [0, 0.1) is 5.92 Å². The summed E-state index contributed by atoms with van der Waals surface area (Å²) in [6.07, 6.45) is 1.51. The zero-order valence-corrected chi connectivity index (χ0v) is 14.3. The second-order valence-electron chi connectivity index (χ2n) is 6.01. The van der Waals surface area contributed by atoms with Gasteiger partial charge in [0.1, 0.15) is 5.75 Å². The zero-order chi connectivity index (χ0) is 15.1. The van der Waals surface area contributed by atoms with Crippen LogP contribution in [0.25, 0.3) is 0 Å². The summed E-state index contributed by atoms with van der Waals surface area (Å²) < 4.78 is 5.66. The number of benzene rings is 1. The Morgan fingerprint density at radius 1 is 1.23 bits per heavy atom. The molecule has 1 fully saturated rings. The summed E-state index contributed by atoms with van der Waals surface area (Å²) in [6.45, 7) is 8.56. The number of carbonyl (C=O) groups excluding carboxylic acids is 1. The van der Waals surface area contributed by atoms with E-state index >= 15 is 0 Å². The van der Waals surface area contributed by atoms with Crippen molar-refractivity contribution in [3.05, 3.63) is 29.8 Å². The van der Waals surface area contributed by atoms with E-state index in [0.717, 1.165) is 50.5 Å². The van der Waals surface area contributed by atoms with E-state index in [9.17, 15) is 4.79 Å². The minimum absolute atomic E-state index is 0. The molecule has 4 nitrogen and oxygen atoms in total. The summed E-state index contributed by atoms with van der Waals surface area (Å²) in [5, 5.41) is 3.32. The van der Waals surface area contributed by atoms with Crippen LogP contribution < -0.4 is 10.1 Å². The molecule has 1 aliphatic heterocycles. The predicted octanol–water partition coefficient (Wildman–Crippen LogP) is 2.51. The molecule has 1 amide bonds. The van der Waals surface area contributed by atoms with E-state index < -0.39 is 0 Å². The summed E-state index contributed by atoms with van der Waals surface area (Å²) in [6, 6.07) is 7.89. The highest BCUT2D eigenvalue weighted by Gasteiger charge is 2.15. The van der Waals surface area contributed by atoms with Gasteiger partial charge in [-0.2, -0.15) is 0 Å². The number of hydrogen-bond acceptors (Lipinski definition) is 3. The number of carbonyl (C=O) groups is 1. The van der Waals surface area contributed by atoms with Crippen LogP contribution >= 0.6 is 12.4 Å². The smallest absolute Gasteiger partial charge is 0.227 e. The molecule has 1 aromatic rings. The standard InChI is InChI=1S/C17H26N2O2.ClH/c1-14(2)13-21-16-6-4-15(5-7-16)12-17(20)19-10-3-8-18-9-11-19;/h4-7,14,18H,3,8-13H2,1-2H3;1H. The van der Waals surface area contributed by atoms with E-state index in [0.29, 0.717) is 12.3 Å². The quantitative estimate of drug-likeness (QED) is 0.904. The number of hydrogen-bond donors (Lipinski definition) is 1. The van der Waals surface area contributed by atoms with Crippen molar-refractivity contribution in [3.63, 3.8) is 0 Å². The second-order valence-corrected chi connectivity index (χ2v) is 6.01. The third kappa shape index (κ3) is 6.24. The van der Waals surface area contributed by atoms with Gasteiger partial charge in [0.15, 0.2) is 0 Å². The van der Waals surface area contributed by atoms with Gasteiger partial charge in [-0.3, -0.25) is 4.79 Å². The minimum atomic E-state index is 0. The van der Waals surface area contributed by atoms with Gasteiger partial charge in [0.05, 0.1) is 13.0 Å². The van der Waals surface area contributed by atoms with Crippen molar-refractivity contribution in [3.8, 4) is 5.75 Å². The van der Waals surface area contributed by atoms with Crippen LogP contribution in [0.5, 0.6) is 5.75 Å². The van der Waals surface area contributed by atoms with Gasteiger partial charge < -0.3 is 15.0 Å². The van der Waals surface area contributed by atoms with Crippen LogP contribution in [0.15, 0.2) is 24.3 Å². The molecule has 0 aliphatic carbocycles. The van der Waals surface area contributed by atoms with Gasteiger partial charge in [-0.05, 0) is 36.6 Å². The van der Waals surface area contributed by atoms with E-state index in [-0.39, 0.29) is 18.3 Å². The maximum atomic E-state index is 12.3. The van der Waals surface area contributed by atoms with E-state index in [1.807, 2.05) is 29.2 Å². The fourth-order valence-corrected chi connectivity index (χ4v) is 2.35. The van der Waals surface area contributed by atoms with Gasteiger partial charge in [-0.25, -0.2) is 0 Å². The normalized spacial score (nSPS) is 15.1. The average molecular weight is 327 g/mol. The number of rotatable bonds is 5. The van der Waals surface area contributed by atoms with Crippen LogP contribution in [-0.4, -0.2) is 43.6 Å². The van der Waals surface area contributed by atoms with Crippen molar-refractivity contribution in [1.82, 2.24) is 10.2 Å². The summed E-state index contributed by atoms with van der Waals surface area (Å²) >= 11 is 0. The molecular weight excluding hydrogens is 300 g/mol. The summed E-state index contributed by atoms with van der Waals surface area (Å²) in [4.78, 5) is 14.2. The van der Waals surface area contributed by atoms with E-state index in [2.05, 4.69) is 19.2 Å². The highest BCUT2D eigenvalue weighted by atomic mass is 35.5. The highest BCUT2D eigenvalue weighted by molar-refractivity contribution is 5.85. The molecule has 0 spiro atoms. The highest BCUT2D eigenvalue weighted by Crippen LogP contribution is 2.14. The molecule has 2 rings (SSSR count). The largest absolute Gasteiger partial charge is 0.493 e. The Labute approximate surface area is 139 Å². The number of nitrogens with zero attached hydrogens (tertiary/aromatic N) is 1. The number of nitrogens with one attached hydrogen (secondary N) is 1. The molecule has 1 aliphatic rings. The first-order chi connectivity index (χ1) is 10.1. The Balaban J connectivity index is 0.00000242. The molecule has 0 radical (unpaired) electrons. The lowest BCUT2D eigenvalue weighted by atomic mass is 10.1. The first kappa shape index (κ1) is 18.8. The van der Waals surface area contributed by atoms with E-state index in [1.165, 1.54) is 0 Å². The second kappa shape index (κ2) is 9.70. The lowest BCUT2D eigenvalue weighted by Gasteiger charge is -2.20. The molecule has 0 unspecified atom stereocenters. The lowest BCUT2D eigenvalue weighted by Crippen LogP contribution is -2.35. The van der Waals surface area contributed by atoms with Crippen molar-refractivity contribution in [2.24, 2.45) is 5.92 Å². The Kier molecular flexibility index (Phi) is 8.28. The topological polar surface area (TPSA) is 41.6 Å². The Morgan fingerprint density at radius 3 is 2.64 bits per heavy atom. The van der Waals surface area contributed by atoms with Crippen molar-refractivity contribution in [2.45, 2.75) is 26.7 Å². The maximum Gasteiger partial charge on any atom is 0.227 e. The van der Waals surface area contributed by atoms with Gasteiger partial charge in [-0.15, -0.1) is 12.4 Å². The monoisotopic (exact) mass is 326 g/mol. The minimum Gasteiger partial charge on any atom is -0.493 e. The number of amides is 1. The third-order valence-corrected chi connectivity index (χ3v) is 3.55. The fourth-order valence-electron chi connectivity index (χ4n) is 2.35. The van der Waals surface area contributed by atoms with Gasteiger partial charge >= 0.3 is 0 Å². The third-order valence-electron chi connectivity index (χ3n) is 3.55. The van der Waals surface area contributed by atoms with E-state index in [1.54, 1.807) is 0 Å². The van der Waals surface area contributed by atoms with Gasteiger partial charge in [0.25, 0.3) is 0 Å². The van der Waals surface area contributed by atoms with Crippen molar-refractivity contribution in [1.29, 1.82) is 0 Å². The molecule has 1 saturated heterocycles. The molecular formula is C17H27ClN2O2. The first-order valence-corrected chi connectivity index (χ1v) is 7.85. The molecule has 1 aromatic carbocycles. The lowest BCUT2D eigenvalue weighted by molar-refractivity contribution is -0.130. The van der Waals surface area contributed by atoms with Crippen LogP contribution in [0.1, 0.15) is 25.8 Å². The molecule has 0 bridgehead atoms. The fraction of sp³-hybridized carbons (Fsp3) is 0.588. The molecule has 22 heavy (non-hydrogen) atoms. The molecule has 0 aromatic heterocycles. The van der Waals surface area contributed by atoms with Crippen molar-refractivity contribution in [2.75, 3.05) is 32.8 Å². The number of halogens is 1. The Hall–Kier alpha value is -1.26. The Morgan fingerprint density at radius 2 is 1.95 bits per heavy atom.